The number of nitrogens with one attached hydrogen (secondary N) is 3. The lowest BCUT2D eigenvalue weighted by molar-refractivity contribution is -0.121. The molecule has 1 rings (SSSR count). The van der Waals surface area contributed by atoms with E-state index < -0.39 is 0 Å². The quantitative estimate of drug-likeness (QED) is 0.474. The molecule has 1 saturated carbocycles. The molecule has 1 unspecified atom stereocenters. The van der Waals surface area contributed by atoms with Gasteiger partial charge in [-0.05, 0) is 38.0 Å². The van der Waals surface area contributed by atoms with Crippen molar-refractivity contribution in [2.75, 3.05) is 20.1 Å². The van der Waals surface area contributed by atoms with Crippen molar-refractivity contribution in [1.82, 2.24) is 16.0 Å². The number of amides is 1. The molecular weight excluding hydrogens is 264 g/mol. The van der Waals surface area contributed by atoms with Crippen LogP contribution >= 0.6 is 0 Å². The molecule has 122 valence electrons. The van der Waals surface area contributed by atoms with Crippen molar-refractivity contribution in [1.29, 1.82) is 0 Å². The summed E-state index contributed by atoms with van der Waals surface area (Å²) in [6, 6.07) is 0.248. The molecule has 5 nitrogen and oxygen atoms in total. The zero-order valence-electron chi connectivity index (χ0n) is 14.1. The summed E-state index contributed by atoms with van der Waals surface area (Å²) in [5.74, 6) is 0.891. The maximum Gasteiger partial charge on any atom is 0.221 e. The maximum absolute atomic E-state index is 11.7. The van der Waals surface area contributed by atoms with Crippen molar-refractivity contribution in [3.05, 3.63) is 0 Å². The number of nitrogens with zero attached hydrogens (tertiary/aromatic N) is 1. The van der Waals surface area contributed by atoms with Crippen molar-refractivity contribution in [3.63, 3.8) is 0 Å². The molecule has 1 aliphatic rings. The van der Waals surface area contributed by atoms with Gasteiger partial charge in [0.15, 0.2) is 5.96 Å². The lowest BCUT2D eigenvalue weighted by Gasteiger charge is -2.41. The molecule has 0 radical (unpaired) electrons. The Balaban J connectivity index is 2.21. The lowest BCUT2D eigenvalue weighted by atomic mass is 9.67. The molecule has 0 bridgehead atoms. The van der Waals surface area contributed by atoms with E-state index in [0.717, 1.165) is 18.9 Å². The minimum atomic E-state index is 0.0938. The Kier molecular flexibility index (Phi) is 7.54. The number of carbonyl (C=O) groups is 1. The summed E-state index contributed by atoms with van der Waals surface area (Å²) < 4.78 is 0. The molecule has 5 heteroatoms. The van der Waals surface area contributed by atoms with Gasteiger partial charge in [-0.2, -0.15) is 0 Å². The predicted molar refractivity (Wildman–Crippen MR) is 88.5 cm³/mol. The molecule has 21 heavy (non-hydrogen) atoms. The first-order valence-corrected chi connectivity index (χ1v) is 8.29. The Morgan fingerprint density at radius 1 is 1.29 bits per heavy atom. The molecule has 0 aromatic carbocycles. The average Bonchev–Trinajstić information content (AvgIpc) is 2.44. The van der Waals surface area contributed by atoms with Gasteiger partial charge < -0.3 is 16.0 Å². The van der Waals surface area contributed by atoms with E-state index in [1.54, 1.807) is 7.05 Å². The predicted octanol–water partition coefficient (Wildman–Crippen LogP) is 2.04. The van der Waals surface area contributed by atoms with E-state index in [-0.39, 0.29) is 11.9 Å². The van der Waals surface area contributed by atoms with Gasteiger partial charge in [0.25, 0.3) is 0 Å². The minimum Gasteiger partial charge on any atom is -0.356 e. The topological polar surface area (TPSA) is 65.5 Å². The van der Waals surface area contributed by atoms with Crippen LogP contribution in [-0.4, -0.2) is 38.0 Å². The molecule has 0 heterocycles. The van der Waals surface area contributed by atoms with Crippen molar-refractivity contribution in [2.24, 2.45) is 10.4 Å². The van der Waals surface area contributed by atoms with Crippen LogP contribution in [0.15, 0.2) is 4.99 Å². The first-order valence-electron chi connectivity index (χ1n) is 8.29. The van der Waals surface area contributed by atoms with Crippen LogP contribution in [0, 0.1) is 5.41 Å². The number of carbonyl (C=O) groups excluding carboxylic acids is 1. The van der Waals surface area contributed by atoms with E-state index >= 15 is 0 Å². The summed E-state index contributed by atoms with van der Waals surface area (Å²) in [6.45, 7) is 7.94. The summed E-state index contributed by atoms with van der Waals surface area (Å²) in [5, 5.41) is 9.58. The van der Waals surface area contributed by atoms with Crippen LogP contribution in [0.3, 0.4) is 0 Å². The molecule has 0 aromatic rings. The highest BCUT2D eigenvalue weighted by atomic mass is 16.1. The Morgan fingerprint density at radius 2 is 2.00 bits per heavy atom. The highest BCUT2D eigenvalue weighted by molar-refractivity contribution is 5.81. The normalized spacial score (nSPS) is 18.6. The van der Waals surface area contributed by atoms with Crippen LogP contribution in [0.5, 0.6) is 0 Å². The maximum atomic E-state index is 11.7. The van der Waals surface area contributed by atoms with Gasteiger partial charge in [0.05, 0.1) is 0 Å². The van der Waals surface area contributed by atoms with Crippen LogP contribution in [0.25, 0.3) is 0 Å². The zero-order valence-corrected chi connectivity index (χ0v) is 14.1. The zero-order chi connectivity index (χ0) is 15.7. The number of hydrogen-bond donors (Lipinski definition) is 3. The molecule has 0 aromatic heterocycles. The molecule has 1 amide bonds. The fourth-order valence-corrected chi connectivity index (χ4v) is 2.57. The van der Waals surface area contributed by atoms with E-state index in [4.69, 9.17) is 0 Å². The molecule has 0 aliphatic heterocycles. The summed E-state index contributed by atoms with van der Waals surface area (Å²) in [7, 11) is 1.77. The van der Waals surface area contributed by atoms with Crippen LogP contribution in [0.2, 0.25) is 0 Å². The van der Waals surface area contributed by atoms with Gasteiger partial charge in [-0.25, -0.2) is 0 Å². The third kappa shape index (κ3) is 5.94. The van der Waals surface area contributed by atoms with E-state index in [9.17, 15) is 4.79 Å². The molecule has 3 N–H and O–H groups in total. The van der Waals surface area contributed by atoms with Gasteiger partial charge in [0, 0.05) is 32.6 Å². The van der Waals surface area contributed by atoms with Gasteiger partial charge in [-0.3, -0.25) is 9.79 Å². The first kappa shape index (κ1) is 17.8. The standard InChI is InChI=1S/C16H32N4O/c1-5-13(3)20-14(21)8-11-18-15(17-4)19-12-16(6-2)9-7-10-16/h13H,5-12H2,1-4H3,(H,20,21)(H2,17,18,19). The first-order chi connectivity index (χ1) is 10.0. The Morgan fingerprint density at radius 3 is 2.48 bits per heavy atom. The van der Waals surface area contributed by atoms with Crippen LogP contribution < -0.4 is 16.0 Å². The fraction of sp³-hybridized carbons (Fsp3) is 0.875. The van der Waals surface area contributed by atoms with E-state index in [2.05, 4.69) is 34.8 Å². The lowest BCUT2D eigenvalue weighted by Crippen LogP contribution is -2.46. The summed E-state index contributed by atoms with van der Waals surface area (Å²) in [4.78, 5) is 15.9. The van der Waals surface area contributed by atoms with Crippen LogP contribution in [-0.2, 0) is 4.79 Å². The third-order valence-corrected chi connectivity index (χ3v) is 4.68. The molecule has 1 aliphatic carbocycles. The highest BCUT2D eigenvalue weighted by Gasteiger charge is 2.34. The SMILES string of the molecule is CCC(C)NC(=O)CCNC(=NC)NCC1(CC)CCC1. The molecule has 0 saturated heterocycles. The fourth-order valence-electron chi connectivity index (χ4n) is 2.57. The number of aliphatic imine (C=N–C) groups is 1. The smallest absolute Gasteiger partial charge is 0.221 e. The summed E-state index contributed by atoms with van der Waals surface area (Å²) in [5.41, 5.74) is 0.464. The summed E-state index contributed by atoms with van der Waals surface area (Å²) in [6.07, 6.45) is 6.62. The van der Waals surface area contributed by atoms with Crippen molar-refractivity contribution in [3.8, 4) is 0 Å². The van der Waals surface area contributed by atoms with Gasteiger partial charge >= 0.3 is 0 Å². The average molecular weight is 296 g/mol. The molecule has 1 atom stereocenters. The van der Waals surface area contributed by atoms with Crippen LogP contribution in [0.1, 0.15) is 59.3 Å². The Labute approximate surface area is 129 Å². The largest absolute Gasteiger partial charge is 0.356 e. The Bertz CT molecular complexity index is 345. The van der Waals surface area contributed by atoms with E-state index in [1.807, 2.05) is 6.92 Å². The number of guanidine groups is 1. The third-order valence-electron chi connectivity index (χ3n) is 4.68. The van der Waals surface area contributed by atoms with Crippen molar-refractivity contribution >= 4 is 11.9 Å². The van der Waals surface area contributed by atoms with Crippen molar-refractivity contribution < 1.29 is 4.79 Å². The van der Waals surface area contributed by atoms with Gasteiger partial charge in [0.2, 0.25) is 5.91 Å². The van der Waals surface area contributed by atoms with Gasteiger partial charge in [0.1, 0.15) is 0 Å². The van der Waals surface area contributed by atoms with Gasteiger partial charge in [-0.15, -0.1) is 0 Å². The second-order valence-electron chi connectivity index (χ2n) is 6.19. The Hall–Kier alpha value is -1.26. The van der Waals surface area contributed by atoms with Crippen LogP contribution in [0.4, 0.5) is 0 Å². The number of hydrogen-bond acceptors (Lipinski definition) is 2. The monoisotopic (exact) mass is 296 g/mol. The summed E-state index contributed by atoms with van der Waals surface area (Å²) >= 11 is 0. The van der Waals surface area contributed by atoms with E-state index in [1.165, 1.54) is 25.7 Å². The minimum absolute atomic E-state index is 0.0938. The second kappa shape index (κ2) is 8.90. The number of rotatable bonds is 8. The highest BCUT2D eigenvalue weighted by Crippen LogP contribution is 2.42. The molecule has 0 spiro atoms. The molecule has 1 fully saturated rings. The van der Waals surface area contributed by atoms with E-state index in [0.29, 0.717) is 18.4 Å². The van der Waals surface area contributed by atoms with Gasteiger partial charge in [-0.1, -0.05) is 20.3 Å². The second-order valence-corrected chi connectivity index (χ2v) is 6.19. The molecular formula is C16H32N4O. The van der Waals surface area contributed by atoms with Crippen molar-refractivity contribution in [2.45, 2.75) is 65.3 Å².